The van der Waals surface area contributed by atoms with E-state index in [0.29, 0.717) is 46.5 Å². The fraction of sp³-hybridized carbons (Fsp3) is 0.324. The minimum absolute atomic E-state index is 0.0330. The third-order valence-corrected chi connectivity index (χ3v) is 8.17. The Labute approximate surface area is 254 Å². The number of phenols is 1. The number of aromatic nitrogens is 1. The second-order valence-corrected chi connectivity index (χ2v) is 11.2. The van der Waals surface area contributed by atoms with Crippen molar-refractivity contribution in [2.24, 2.45) is 0 Å². The van der Waals surface area contributed by atoms with Gasteiger partial charge in [-0.25, -0.2) is 0 Å². The molecule has 44 heavy (non-hydrogen) atoms. The van der Waals surface area contributed by atoms with Crippen LogP contribution in [0.2, 0.25) is 0 Å². The van der Waals surface area contributed by atoms with Crippen molar-refractivity contribution in [2.75, 3.05) is 32.8 Å². The number of amides is 1. The number of aromatic amines is 1. The topological polar surface area (TPSA) is 152 Å². The summed E-state index contributed by atoms with van der Waals surface area (Å²) in [5.41, 5.74) is 0.779. The highest BCUT2D eigenvalue weighted by molar-refractivity contribution is 5.97. The number of aliphatic hydroxyl groups excluding tert-OH is 1. The number of carbonyl (C=O) groups is 2. The van der Waals surface area contributed by atoms with Crippen LogP contribution in [0.15, 0.2) is 83.7 Å². The van der Waals surface area contributed by atoms with Crippen LogP contribution in [0, 0.1) is 0 Å². The third kappa shape index (κ3) is 6.77. The van der Waals surface area contributed by atoms with Gasteiger partial charge in [0.2, 0.25) is 5.56 Å². The van der Waals surface area contributed by atoms with E-state index in [0.717, 1.165) is 32.2 Å². The molecule has 1 amide bonds. The molecule has 3 aromatic carbocycles. The quantitative estimate of drug-likeness (QED) is 0.137. The average molecular weight is 600 g/mol. The molecule has 0 bridgehead atoms. The molecule has 230 valence electrons. The lowest BCUT2D eigenvalue weighted by molar-refractivity contribution is -0.149. The number of carboxylic acids is 1. The number of pyridine rings is 1. The summed E-state index contributed by atoms with van der Waals surface area (Å²) in [4.78, 5) is 40.7. The summed E-state index contributed by atoms with van der Waals surface area (Å²) < 4.78 is 5.83. The predicted molar refractivity (Wildman–Crippen MR) is 166 cm³/mol. The first-order chi connectivity index (χ1) is 21.3. The second kappa shape index (κ2) is 13.7. The van der Waals surface area contributed by atoms with Crippen LogP contribution in [0.1, 0.15) is 53.3 Å². The van der Waals surface area contributed by atoms with Crippen LogP contribution < -0.4 is 15.6 Å². The molecule has 0 saturated carbocycles. The van der Waals surface area contributed by atoms with E-state index in [2.05, 4.69) is 10.3 Å². The molecule has 2 heterocycles. The van der Waals surface area contributed by atoms with E-state index < -0.39 is 17.5 Å². The van der Waals surface area contributed by atoms with Crippen LogP contribution in [0.4, 0.5) is 0 Å². The highest BCUT2D eigenvalue weighted by atomic mass is 16.5. The first-order valence-electron chi connectivity index (χ1n) is 14.8. The van der Waals surface area contributed by atoms with Gasteiger partial charge in [-0.15, -0.1) is 0 Å². The zero-order valence-electron chi connectivity index (χ0n) is 24.4. The number of rotatable bonds is 14. The maximum absolute atomic E-state index is 12.9. The lowest BCUT2D eigenvalue weighted by atomic mass is 9.73. The third-order valence-electron chi connectivity index (χ3n) is 8.17. The van der Waals surface area contributed by atoms with Crippen LogP contribution in [0.5, 0.6) is 11.5 Å². The summed E-state index contributed by atoms with van der Waals surface area (Å²) in [6.07, 6.45) is 3.03. The van der Waals surface area contributed by atoms with Gasteiger partial charge in [0.05, 0.1) is 18.2 Å². The number of carbonyl (C=O) groups excluding carboxylic acids is 1. The summed E-state index contributed by atoms with van der Waals surface area (Å²) in [7, 11) is 0. The molecule has 10 nitrogen and oxygen atoms in total. The molecular formula is C34H37N3O7. The molecule has 1 fully saturated rings. The van der Waals surface area contributed by atoms with Crippen LogP contribution in [0.25, 0.3) is 10.9 Å². The van der Waals surface area contributed by atoms with Crippen LogP contribution in [0.3, 0.4) is 0 Å². The molecule has 1 saturated heterocycles. The van der Waals surface area contributed by atoms with Crippen molar-refractivity contribution >= 4 is 22.8 Å². The number of benzene rings is 3. The maximum atomic E-state index is 12.9. The molecular weight excluding hydrogens is 562 g/mol. The van der Waals surface area contributed by atoms with Gasteiger partial charge < -0.3 is 35.3 Å². The van der Waals surface area contributed by atoms with E-state index in [9.17, 15) is 29.7 Å². The first kappa shape index (κ1) is 30.8. The first-order valence-corrected chi connectivity index (χ1v) is 14.8. The number of fused-ring (bicyclic) bond motifs is 1. The Bertz CT molecular complexity index is 1650. The number of ether oxygens (including phenoxy) is 1. The minimum Gasteiger partial charge on any atom is -0.506 e. The lowest BCUT2D eigenvalue weighted by Gasteiger charge is -2.47. The Hall–Kier alpha value is -4.67. The number of aliphatic hydroxyl groups is 1. The number of carboxylic acid groups (broad SMARTS) is 1. The number of phenolic OH excluding ortho intramolecular Hbond substituents is 1. The van der Waals surface area contributed by atoms with Gasteiger partial charge in [-0.2, -0.15) is 0 Å². The average Bonchev–Trinajstić information content (AvgIpc) is 3.00. The largest absolute Gasteiger partial charge is 0.506 e. The van der Waals surface area contributed by atoms with Gasteiger partial charge in [0.15, 0.2) is 0 Å². The van der Waals surface area contributed by atoms with Crippen LogP contribution in [-0.4, -0.2) is 69.9 Å². The molecule has 1 aliphatic heterocycles. The summed E-state index contributed by atoms with van der Waals surface area (Å²) >= 11 is 0. The number of hydrogen-bond acceptors (Lipinski definition) is 7. The van der Waals surface area contributed by atoms with Gasteiger partial charge in [0.1, 0.15) is 16.9 Å². The summed E-state index contributed by atoms with van der Waals surface area (Å²) in [6, 6.07) is 22.1. The molecule has 1 aliphatic rings. The number of hydrogen-bond donors (Lipinski definition) is 5. The molecule has 1 unspecified atom stereocenters. The smallest absolute Gasteiger partial charge is 0.317 e. The predicted octanol–water partition coefficient (Wildman–Crippen LogP) is 3.97. The zero-order chi connectivity index (χ0) is 31.1. The van der Waals surface area contributed by atoms with Gasteiger partial charge in [0.25, 0.3) is 5.91 Å². The molecule has 1 aromatic heterocycles. The number of nitrogens with zero attached hydrogens (tertiary/aromatic N) is 1. The standard InChI is InChI=1S/C34H37N3O7/c38-28-16-14-26(27-15-17-30(40)36-31(27)28)29(39)20-35-18-6-1-2-7-19-44-25-12-10-23(11-13-25)32(41)37-21-34(22-37,33(42)43)24-8-4-3-5-9-24/h3-5,8-17,29,35,38-39H,1-2,6-7,18-22H2,(H,36,40)(H,42,43). The van der Waals surface area contributed by atoms with Crippen molar-refractivity contribution in [3.8, 4) is 11.5 Å². The fourth-order valence-electron chi connectivity index (χ4n) is 5.62. The normalized spacial score (nSPS) is 14.6. The van der Waals surface area contributed by atoms with Crippen LogP contribution in [-0.2, 0) is 10.2 Å². The molecule has 10 heteroatoms. The molecule has 4 aromatic rings. The second-order valence-electron chi connectivity index (χ2n) is 11.2. The Morgan fingerprint density at radius 3 is 2.39 bits per heavy atom. The molecule has 1 atom stereocenters. The maximum Gasteiger partial charge on any atom is 0.317 e. The number of aliphatic carboxylic acids is 1. The number of likely N-dealkylation sites (tertiary alicyclic amines) is 1. The van der Waals surface area contributed by atoms with E-state index >= 15 is 0 Å². The van der Waals surface area contributed by atoms with Crippen molar-refractivity contribution in [1.29, 1.82) is 0 Å². The van der Waals surface area contributed by atoms with Crippen molar-refractivity contribution in [3.63, 3.8) is 0 Å². The number of aromatic hydroxyl groups is 1. The SMILES string of the molecule is O=C(c1ccc(OCCCCCCNCC(O)c2ccc(O)c3[nH]c(=O)ccc23)cc1)N1CC(C(=O)O)(c2ccccc2)C1. The van der Waals surface area contributed by atoms with Crippen molar-refractivity contribution in [1.82, 2.24) is 15.2 Å². The van der Waals surface area contributed by atoms with Crippen LogP contribution >= 0.6 is 0 Å². The Kier molecular flexibility index (Phi) is 9.62. The van der Waals surface area contributed by atoms with Crippen molar-refractivity contribution < 1.29 is 29.6 Å². The summed E-state index contributed by atoms with van der Waals surface area (Å²) in [6.45, 7) is 1.93. The monoisotopic (exact) mass is 599 g/mol. The number of H-pyrrole nitrogens is 1. The summed E-state index contributed by atoms with van der Waals surface area (Å²) in [5, 5.41) is 34.4. The Morgan fingerprint density at radius 1 is 0.932 bits per heavy atom. The molecule has 0 aliphatic carbocycles. The Balaban J connectivity index is 0.969. The van der Waals surface area contributed by atoms with Crippen molar-refractivity contribution in [3.05, 3.63) is 106 Å². The molecule has 0 spiro atoms. The van der Waals surface area contributed by atoms with Gasteiger partial charge >= 0.3 is 5.97 Å². The van der Waals surface area contributed by atoms with Gasteiger partial charge in [-0.3, -0.25) is 14.4 Å². The van der Waals surface area contributed by atoms with E-state index in [1.54, 1.807) is 53.4 Å². The summed E-state index contributed by atoms with van der Waals surface area (Å²) in [5.74, 6) is -0.477. The van der Waals surface area contributed by atoms with Gasteiger partial charge in [-0.1, -0.05) is 49.2 Å². The molecule has 5 N–H and O–H groups in total. The highest BCUT2D eigenvalue weighted by Gasteiger charge is 2.52. The fourth-order valence-corrected chi connectivity index (χ4v) is 5.62. The van der Waals surface area contributed by atoms with E-state index in [1.165, 1.54) is 12.1 Å². The minimum atomic E-state index is -1.07. The van der Waals surface area contributed by atoms with E-state index in [1.807, 2.05) is 18.2 Å². The van der Waals surface area contributed by atoms with Gasteiger partial charge in [0, 0.05) is 36.7 Å². The zero-order valence-corrected chi connectivity index (χ0v) is 24.4. The van der Waals surface area contributed by atoms with E-state index in [-0.39, 0.29) is 30.3 Å². The van der Waals surface area contributed by atoms with Gasteiger partial charge in [-0.05, 0) is 66.9 Å². The number of nitrogens with one attached hydrogen (secondary N) is 2. The lowest BCUT2D eigenvalue weighted by Crippen LogP contribution is -2.65. The van der Waals surface area contributed by atoms with Crippen molar-refractivity contribution in [2.45, 2.75) is 37.2 Å². The Morgan fingerprint density at radius 2 is 1.66 bits per heavy atom. The molecule has 5 rings (SSSR count). The number of unbranched alkanes of at least 4 members (excludes halogenated alkanes) is 3. The van der Waals surface area contributed by atoms with E-state index in [4.69, 9.17) is 4.74 Å². The molecule has 0 radical (unpaired) electrons. The highest BCUT2D eigenvalue weighted by Crippen LogP contribution is 2.36.